The van der Waals surface area contributed by atoms with Crippen molar-refractivity contribution in [2.45, 2.75) is 57.8 Å². The molecule has 0 saturated carbocycles. The van der Waals surface area contributed by atoms with Gasteiger partial charge in [-0.1, -0.05) is 151 Å². The zero-order valence-corrected chi connectivity index (χ0v) is 51.6. The van der Waals surface area contributed by atoms with Crippen LogP contribution in [0, 0.1) is 0 Å². The molecule has 0 atom stereocenters. The van der Waals surface area contributed by atoms with E-state index in [1.807, 2.05) is 48.5 Å². The van der Waals surface area contributed by atoms with Crippen LogP contribution >= 0.6 is 0 Å². The maximum absolute atomic E-state index is 6.31. The van der Waals surface area contributed by atoms with Crippen LogP contribution in [-0.2, 0) is 16.2 Å². The van der Waals surface area contributed by atoms with E-state index in [1.54, 1.807) is 0 Å². The van der Waals surface area contributed by atoms with E-state index in [1.165, 1.54) is 55.9 Å². The molecule has 0 amide bonds. The Hall–Kier alpha value is -11.2. The first-order valence-electron chi connectivity index (χ1n) is 31.4. The summed E-state index contributed by atoms with van der Waals surface area (Å²) < 4.78 is 12.6. The Morgan fingerprint density at radius 2 is 0.604 bits per heavy atom. The minimum absolute atomic E-state index is 0.320. The van der Waals surface area contributed by atoms with Gasteiger partial charge in [-0.15, -0.1) is 0 Å². The minimum atomic E-state index is -0.406. The predicted molar refractivity (Wildman–Crippen MR) is 373 cm³/mol. The number of para-hydroxylation sites is 8. The fraction of sp³-hybridized carbons (Fsp3) is 0.108. The van der Waals surface area contributed by atoms with Crippen molar-refractivity contribution >= 4 is 90.4 Å². The second-order valence-electron chi connectivity index (χ2n) is 25.9. The summed E-state index contributed by atoms with van der Waals surface area (Å²) in [4.78, 5) is 19.5. The topological polar surface area (TPSA) is 65.0 Å². The van der Waals surface area contributed by atoms with E-state index >= 15 is 0 Å². The maximum Gasteiger partial charge on any atom is 0.227 e. The first-order chi connectivity index (χ1) is 44.4. The van der Waals surface area contributed by atoms with Gasteiger partial charge >= 0.3 is 0 Å². The van der Waals surface area contributed by atoms with Crippen molar-refractivity contribution < 1.29 is 8.83 Å². The number of hydrogen-bond acceptors (Lipinski definition) is 8. The number of benzene rings is 12. The number of aromatic nitrogens is 2. The third-order valence-corrected chi connectivity index (χ3v) is 19.5. The minimum Gasteiger partial charge on any atom is -0.436 e. The number of hydrogen-bond donors (Lipinski definition) is 0. The fourth-order valence-electron chi connectivity index (χ4n) is 14.8. The lowest BCUT2D eigenvalue weighted by Crippen LogP contribution is -2.31. The molecule has 12 aromatic carbocycles. The van der Waals surface area contributed by atoms with Crippen molar-refractivity contribution in [2.75, 3.05) is 19.6 Å². The lowest BCUT2D eigenvalue weighted by atomic mass is 9.73. The van der Waals surface area contributed by atoms with E-state index in [9.17, 15) is 0 Å². The number of fused-ring (bicyclic) bond motifs is 9. The number of nitrogens with zero attached hydrogens (tertiary/aromatic N) is 6. The summed E-state index contributed by atoms with van der Waals surface area (Å²) in [5.41, 5.74) is 27.3. The normalized spacial score (nSPS) is 14.5. The molecule has 0 saturated heterocycles. The average molecular weight is 1180 g/mol. The van der Waals surface area contributed by atoms with Gasteiger partial charge in [0.25, 0.3) is 0 Å². The third-order valence-electron chi connectivity index (χ3n) is 19.5. The van der Waals surface area contributed by atoms with Crippen LogP contribution in [0.2, 0.25) is 0 Å². The summed E-state index contributed by atoms with van der Waals surface area (Å²) in [6, 6.07) is 101. The van der Waals surface area contributed by atoms with Crippen LogP contribution in [0.15, 0.2) is 288 Å². The second kappa shape index (κ2) is 20.4. The summed E-state index contributed by atoms with van der Waals surface area (Å²) in [7, 11) is 0. The van der Waals surface area contributed by atoms with Gasteiger partial charge in [0, 0.05) is 72.9 Å². The molecule has 0 spiro atoms. The van der Waals surface area contributed by atoms with E-state index in [0.29, 0.717) is 11.8 Å². The molecule has 438 valence electrons. The largest absolute Gasteiger partial charge is 0.436 e. The molecule has 8 nitrogen and oxygen atoms in total. The van der Waals surface area contributed by atoms with Crippen LogP contribution < -0.4 is 19.6 Å². The zero-order valence-electron chi connectivity index (χ0n) is 51.6. The van der Waals surface area contributed by atoms with E-state index in [0.717, 1.165) is 90.2 Å². The van der Waals surface area contributed by atoms with Crippen LogP contribution in [0.4, 0.5) is 68.2 Å². The van der Waals surface area contributed by atoms with Crippen molar-refractivity contribution in [3.63, 3.8) is 0 Å². The monoisotopic (exact) mass is 1180 g/mol. The molecule has 0 bridgehead atoms. The van der Waals surface area contributed by atoms with Gasteiger partial charge in [-0.3, -0.25) is 0 Å². The smallest absolute Gasteiger partial charge is 0.227 e. The summed E-state index contributed by atoms with van der Waals surface area (Å²) in [6.45, 7) is 14.2. The molecule has 0 radical (unpaired) electrons. The number of rotatable bonds is 10. The van der Waals surface area contributed by atoms with Crippen molar-refractivity contribution in [1.82, 2.24) is 9.97 Å². The standard InChI is InChI=1S/C83H64N6O2/c1-81(2)65-25-13-17-29-73(65)88(55-21-9-7-10-22-55)75-47-43-61(51-69(75)81)86(57-37-33-53(34-38-57)79-84-71-27-15-19-31-77(71)90-79)59-41-45-63-64-46-42-60(50-68(64)83(5,6)67(63)49-59)87(58-39-35-54(36-40-58)80-85-72-28-16-20-32-78(72)91-80)62-44-48-76-70(52-62)82(3,4)66-26-14-18-30-74(66)89(76)56-23-11-8-12-24-56/h7-52H,1-6H3. The van der Waals surface area contributed by atoms with E-state index in [2.05, 4.69) is 292 Å². The molecule has 8 heteroatoms. The first kappa shape index (κ1) is 54.0. The van der Waals surface area contributed by atoms with Crippen LogP contribution in [0.25, 0.3) is 56.2 Å². The summed E-state index contributed by atoms with van der Waals surface area (Å²) in [6.07, 6.45) is 0. The highest BCUT2D eigenvalue weighted by Gasteiger charge is 2.41. The molecule has 3 aliphatic rings. The molecule has 4 heterocycles. The van der Waals surface area contributed by atoms with Crippen LogP contribution in [0.3, 0.4) is 0 Å². The van der Waals surface area contributed by atoms with Gasteiger partial charge in [0.15, 0.2) is 11.2 Å². The summed E-state index contributed by atoms with van der Waals surface area (Å²) >= 11 is 0. The molecule has 14 aromatic rings. The Morgan fingerprint density at radius 3 is 1.01 bits per heavy atom. The summed E-state index contributed by atoms with van der Waals surface area (Å²) in [5, 5.41) is 0. The van der Waals surface area contributed by atoms with E-state index < -0.39 is 5.41 Å². The third kappa shape index (κ3) is 8.57. The van der Waals surface area contributed by atoms with E-state index in [4.69, 9.17) is 18.8 Å². The molecule has 0 N–H and O–H groups in total. The second-order valence-corrected chi connectivity index (χ2v) is 25.9. The van der Waals surface area contributed by atoms with Crippen LogP contribution in [0.1, 0.15) is 74.9 Å². The maximum atomic E-state index is 6.31. The highest BCUT2D eigenvalue weighted by molar-refractivity contribution is 5.94. The SMILES string of the molecule is CC1(C)c2cc(N(c3ccc(-c4nc5ccccc5o4)cc3)c3ccc4c(c3)C(C)(C)c3ccccc3N4c3ccccc3)ccc2-c2ccc(N(c3ccc(-c4nc5ccccc5o4)cc3)c3ccc4c(c3)C(C)(C)c3ccccc3N4c3ccccc3)cc21. The van der Waals surface area contributed by atoms with Crippen molar-refractivity contribution in [3.05, 3.63) is 312 Å². The van der Waals surface area contributed by atoms with Crippen molar-refractivity contribution in [1.29, 1.82) is 0 Å². The van der Waals surface area contributed by atoms with Crippen LogP contribution in [-0.4, -0.2) is 9.97 Å². The molecule has 2 aliphatic heterocycles. The molecule has 17 rings (SSSR count). The van der Waals surface area contributed by atoms with Gasteiger partial charge in [0.2, 0.25) is 11.8 Å². The van der Waals surface area contributed by atoms with Gasteiger partial charge < -0.3 is 28.4 Å². The predicted octanol–water partition coefficient (Wildman–Crippen LogP) is 22.8. The Morgan fingerprint density at radius 1 is 0.286 bits per heavy atom. The molecular formula is C83H64N6O2. The average Bonchev–Trinajstić information content (AvgIpc) is 1.56. The molecule has 2 aromatic heterocycles. The Kier molecular flexibility index (Phi) is 12.1. The Bertz CT molecular complexity index is 4790. The molecule has 0 fully saturated rings. The molecular weight excluding hydrogens is 1110 g/mol. The molecule has 0 unspecified atom stereocenters. The summed E-state index contributed by atoms with van der Waals surface area (Å²) in [5.74, 6) is 1.19. The quantitative estimate of drug-likeness (QED) is 0.134. The van der Waals surface area contributed by atoms with Gasteiger partial charge in [-0.25, -0.2) is 9.97 Å². The fourth-order valence-corrected chi connectivity index (χ4v) is 14.8. The number of anilines is 12. The zero-order chi connectivity index (χ0) is 61.3. The van der Waals surface area contributed by atoms with Crippen molar-refractivity contribution in [3.8, 4) is 34.0 Å². The van der Waals surface area contributed by atoms with Crippen LogP contribution in [0.5, 0.6) is 0 Å². The first-order valence-corrected chi connectivity index (χ1v) is 31.4. The lowest BCUT2D eigenvalue weighted by Gasteiger charge is -2.42. The van der Waals surface area contributed by atoms with Gasteiger partial charge in [-0.05, 0) is 214 Å². The van der Waals surface area contributed by atoms with E-state index in [-0.39, 0.29) is 10.8 Å². The Labute approximate surface area is 530 Å². The van der Waals surface area contributed by atoms with Gasteiger partial charge in [0.05, 0.1) is 22.7 Å². The van der Waals surface area contributed by atoms with Crippen molar-refractivity contribution in [2.24, 2.45) is 0 Å². The highest BCUT2D eigenvalue weighted by Crippen LogP contribution is 2.57. The number of oxazole rings is 2. The molecule has 1 aliphatic carbocycles. The molecule has 91 heavy (non-hydrogen) atoms. The lowest BCUT2D eigenvalue weighted by molar-refractivity contribution is 0.619. The van der Waals surface area contributed by atoms with Gasteiger partial charge in [0.1, 0.15) is 11.0 Å². The highest BCUT2D eigenvalue weighted by atomic mass is 16.4. The van der Waals surface area contributed by atoms with Gasteiger partial charge in [-0.2, -0.15) is 0 Å². The Balaban J connectivity index is 0.793.